The van der Waals surface area contributed by atoms with E-state index >= 15 is 0 Å². The molecule has 3 aromatic heterocycles. The molecule has 0 bridgehead atoms. The number of thioether (sulfide) groups is 1. The molecule has 0 radical (unpaired) electrons. The van der Waals surface area contributed by atoms with Crippen molar-refractivity contribution in [1.29, 1.82) is 0 Å². The number of hydrogen-bond donors (Lipinski definition) is 3. The van der Waals surface area contributed by atoms with Gasteiger partial charge in [-0.15, -0.1) is 23.1 Å². The molecule has 4 N–H and O–H groups in total. The zero-order valence-electron chi connectivity index (χ0n) is 18.7. The van der Waals surface area contributed by atoms with Crippen molar-refractivity contribution < 1.29 is 9.84 Å². The van der Waals surface area contributed by atoms with Crippen LogP contribution in [0, 0.1) is 0 Å². The summed E-state index contributed by atoms with van der Waals surface area (Å²) in [4.78, 5) is 14.8. The lowest BCUT2D eigenvalue weighted by atomic mass is 10.00. The lowest BCUT2D eigenvalue weighted by Gasteiger charge is -2.23. The molecule has 7 nitrogen and oxygen atoms in total. The topological polar surface area (TPSA) is 106 Å². The highest BCUT2D eigenvalue weighted by Gasteiger charge is 2.24. The van der Waals surface area contributed by atoms with E-state index in [4.69, 9.17) is 20.6 Å². The van der Waals surface area contributed by atoms with Gasteiger partial charge >= 0.3 is 0 Å². The lowest BCUT2D eigenvalue weighted by Crippen LogP contribution is -2.12. The number of benzene rings is 1. The molecule has 1 saturated carbocycles. The summed E-state index contributed by atoms with van der Waals surface area (Å²) in [6.07, 6.45) is 7.39. The number of aromatic nitrogens is 3. The van der Waals surface area contributed by atoms with E-state index < -0.39 is 0 Å². The first-order chi connectivity index (χ1) is 16.7. The predicted molar refractivity (Wildman–Crippen MR) is 140 cm³/mol. The molecule has 1 aliphatic rings. The molecule has 0 saturated heterocycles. The number of nitrogens with one attached hydrogen (secondary N) is 1. The van der Waals surface area contributed by atoms with Crippen molar-refractivity contribution in [3.05, 3.63) is 48.8 Å². The number of fused-ring (bicyclic) bond motifs is 1. The van der Waals surface area contributed by atoms with Crippen molar-refractivity contribution >= 4 is 45.0 Å². The van der Waals surface area contributed by atoms with Gasteiger partial charge in [0.05, 0.1) is 35.4 Å². The number of thiophene rings is 1. The van der Waals surface area contributed by atoms with Crippen LogP contribution < -0.4 is 11.1 Å². The normalized spacial score (nSPS) is 13.8. The zero-order valence-corrected chi connectivity index (χ0v) is 20.4. The Morgan fingerprint density at radius 3 is 2.62 bits per heavy atom. The van der Waals surface area contributed by atoms with Gasteiger partial charge in [-0.2, -0.15) is 0 Å². The third kappa shape index (κ3) is 5.02. The largest absolute Gasteiger partial charge is 0.397 e. The Kier molecular flexibility index (Phi) is 7.24. The Balaban J connectivity index is 1.46. The molecule has 1 aromatic carbocycles. The molecule has 0 aliphatic heterocycles. The maximum atomic E-state index is 8.77. The van der Waals surface area contributed by atoms with Crippen LogP contribution in [0.4, 0.5) is 11.6 Å². The molecule has 9 heteroatoms. The summed E-state index contributed by atoms with van der Waals surface area (Å²) in [6.45, 7) is 1.39. The highest BCUT2D eigenvalue weighted by atomic mass is 32.2. The second kappa shape index (κ2) is 10.7. The number of anilines is 2. The van der Waals surface area contributed by atoms with Crippen molar-refractivity contribution in [2.75, 3.05) is 37.4 Å². The second-order valence-electron chi connectivity index (χ2n) is 8.13. The van der Waals surface area contributed by atoms with Crippen molar-refractivity contribution in [1.82, 2.24) is 15.0 Å². The first kappa shape index (κ1) is 23.0. The third-order valence-corrected chi connectivity index (χ3v) is 8.46. The van der Waals surface area contributed by atoms with Gasteiger partial charge in [0, 0.05) is 35.1 Å². The minimum absolute atomic E-state index is 0.0180. The van der Waals surface area contributed by atoms with Gasteiger partial charge in [-0.25, -0.2) is 15.0 Å². The average Bonchev–Trinajstić information content (AvgIpc) is 3.17. The van der Waals surface area contributed by atoms with Gasteiger partial charge in [-0.1, -0.05) is 36.8 Å². The van der Waals surface area contributed by atoms with Crippen LogP contribution in [0.15, 0.2) is 53.0 Å². The van der Waals surface area contributed by atoms with E-state index in [1.54, 1.807) is 23.7 Å². The van der Waals surface area contributed by atoms with Crippen molar-refractivity contribution in [3.8, 4) is 22.4 Å². The van der Waals surface area contributed by atoms with Gasteiger partial charge < -0.3 is 20.9 Å². The van der Waals surface area contributed by atoms with Crippen LogP contribution in [0.1, 0.15) is 19.3 Å². The summed E-state index contributed by atoms with van der Waals surface area (Å²) in [5.74, 6) is 0.528. The van der Waals surface area contributed by atoms with E-state index in [2.05, 4.69) is 33.5 Å². The van der Waals surface area contributed by atoms with Gasteiger partial charge in [0.1, 0.15) is 4.83 Å². The number of aliphatic hydroxyl groups excluding tert-OH is 1. The predicted octanol–water partition coefficient (Wildman–Crippen LogP) is 5.07. The molecule has 0 amide bonds. The molecule has 5 rings (SSSR count). The Hall–Kier alpha value is -2.72. The van der Waals surface area contributed by atoms with Gasteiger partial charge in [-0.05, 0) is 30.0 Å². The number of nitrogens with zero attached hydrogens (tertiary/aromatic N) is 3. The molecule has 0 atom stereocenters. The first-order valence-electron chi connectivity index (χ1n) is 11.4. The van der Waals surface area contributed by atoms with Crippen LogP contribution >= 0.6 is 23.1 Å². The standard InChI is InChI=1S/C25H27N5O2S2/c26-22-21-19(16-5-2-1-3-6-16)13-20(30-23(21)34-24(22)33-18-7-4-8-18)17-14-28-25(29-15-17)27-9-11-32-12-10-31/h1-3,5-6,13-15,18,31H,4,7-12,26H2,(H,27,28,29). The lowest BCUT2D eigenvalue weighted by molar-refractivity contribution is 0.0991. The first-order valence-corrected chi connectivity index (χ1v) is 13.1. The number of rotatable bonds is 10. The Labute approximate surface area is 206 Å². The molecule has 0 unspecified atom stereocenters. The number of nitrogens with two attached hydrogens (primary N) is 1. The smallest absolute Gasteiger partial charge is 0.222 e. The maximum absolute atomic E-state index is 8.77. The fraction of sp³-hybridized carbons (Fsp3) is 0.320. The molecule has 3 heterocycles. The molecule has 176 valence electrons. The summed E-state index contributed by atoms with van der Waals surface area (Å²) in [5, 5.41) is 13.6. The number of pyridine rings is 1. The number of aliphatic hydroxyl groups is 1. The zero-order chi connectivity index (χ0) is 23.3. The summed E-state index contributed by atoms with van der Waals surface area (Å²) in [5.41, 5.74) is 11.4. The molecule has 34 heavy (non-hydrogen) atoms. The molecular formula is C25H27N5O2S2. The van der Waals surface area contributed by atoms with Crippen LogP contribution in [0.2, 0.25) is 0 Å². The number of hydrogen-bond acceptors (Lipinski definition) is 9. The van der Waals surface area contributed by atoms with Crippen LogP contribution in [0.25, 0.3) is 32.6 Å². The van der Waals surface area contributed by atoms with Crippen LogP contribution in [-0.2, 0) is 4.74 Å². The Morgan fingerprint density at radius 2 is 1.91 bits per heavy atom. The van der Waals surface area contributed by atoms with E-state index in [0.717, 1.165) is 38.3 Å². The maximum Gasteiger partial charge on any atom is 0.222 e. The summed E-state index contributed by atoms with van der Waals surface area (Å²) in [6, 6.07) is 12.4. The Morgan fingerprint density at radius 1 is 1.12 bits per heavy atom. The molecule has 0 spiro atoms. The van der Waals surface area contributed by atoms with Gasteiger partial charge in [0.2, 0.25) is 5.95 Å². The quantitative estimate of drug-likeness (QED) is 0.263. The van der Waals surface area contributed by atoms with E-state index in [-0.39, 0.29) is 6.61 Å². The van der Waals surface area contributed by atoms with Crippen molar-refractivity contribution in [2.45, 2.75) is 28.7 Å². The fourth-order valence-corrected chi connectivity index (χ4v) is 6.57. The van der Waals surface area contributed by atoms with E-state index in [1.165, 1.54) is 23.5 Å². The van der Waals surface area contributed by atoms with E-state index in [9.17, 15) is 0 Å². The van der Waals surface area contributed by atoms with Crippen LogP contribution in [-0.4, -0.2) is 51.7 Å². The Bertz CT molecular complexity index is 1240. The van der Waals surface area contributed by atoms with Gasteiger partial charge in [0.25, 0.3) is 0 Å². The SMILES string of the molecule is Nc1c(SC2CCC2)sc2nc(-c3cnc(NCCOCCO)nc3)cc(-c3ccccc3)c12. The third-order valence-electron chi connectivity index (χ3n) is 5.79. The van der Waals surface area contributed by atoms with E-state index in [0.29, 0.717) is 31.0 Å². The number of ether oxygens (including phenoxy) is 1. The monoisotopic (exact) mass is 493 g/mol. The molecule has 1 fully saturated rings. The van der Waals surface area contributed by atoms with Crippen LogP contribution in [0.3, 0.4) is 0 Å². The average molecular weight is 494 g/mol. The highest BCUT2D eigenvalue weighted by Crippen LogP contribution is 2.48. The fourth-order valence-electron chi connectivity index (χ4n) is 3.77. The van der Waals surface area contributed by atoms with E-state index in [1.807, 2.05) is 30.0 Å². The summed E-state index contributed by atoms with van der Waals surface area (Å²) in [7, 11) is 0. The second-order valence-corrected chi connectivity index (χ2v) is 10.7. The summed E-state index contributed by atoms with van der Waals surface area (Å²) < 4.78 is 6.42. The number of nitrogen functional groups attached to an aromatic ring is 1. The van der Waals surface area contributed by atoms with Gasteiger partial charge in [-0.3, -0.25) is 0 Å². The van der Waals surface area contributed by atoms with Crippen molar-refractivity contribution in [2.24, 2.45) is 0 Å². The van der Waals surface area contributed by atoms with Crippen LogP contribution in [0.5, 0.6) is 0 Å². The molecule has 1 aliphatic carbocycles. The summed E-state index contributed by atoms with van der Waals surface area (Å²) >= 11 is 3.58. The van der Waals surface area contributed by atoms with Gasteiger partial charge in [0.15, 0.2) is 0 Å². The molecule has 4 aromatic rings. The highest BCUT2D eigenvalue weighted by molar-refractivity contribution is 8.02. The minimum Gasteiger partial charge on any atom is -0.397 e. The minimum atomic E-state index is 0.0180. The molecular weight excluding hydrogens is 466 g/mol. The van der Waals surface area contributed by atoms with Crippen molar-refractivity contribution in [3.63, 3.8) is 0 Å².